The van der Waals surface area contributed by atoms with Crippen LogP contribution in [0.15, 0.2) is 79.0 Å². The van der Waals surface area contributed by atoms with Gasteiger partial charge in [0.1, 0.15) is 0 Å². The number of hydrogen-bond acceptors (Lipinski definition) is 6. The number of benzene rings is 3. The Hall–Kier alpha value is -4.79. The molecule has 35 heavy (non-hydrogen) atoms. The summed E-state index contributed by atoms with van der Waals surface area (Å²) < 4.78 is 12.9. The molecule has 3 aromatic carbocycles. The summed E-state index contributed by atoms with van der Waals surface area (Å²) in [6, 6.07) is 25.0. The summed E-state index contributed by atoms with van der Waals surface area (Å²) in [4.78, 5) is 22.7. The molecule has 178 valence electrons. The molecule has 0 fully saturated rings. The summed E-state index contributed by atoms with van der Waals surface area (Å²) in [5.41, 5.74) is 5.72. The number of fused-ring (bicyclic) bond motifs is 1. The number of carboxylic acid groups (broad SMARTS) is 2. The van der Waals surface area contributed by atoms with E-state index in [2.05, 4.69) is 63.4 Å². The summed E-state index contributed by atoms with van der Waals surface area (Å²) in [5.74, 6) is -1.26. The molecule has 4 aromatic rings. The molecule has 3 N–H and O–H groups in total. The fraction of sp³-hybridized carbons (Fsp3) is 0.115. The van der Waals surface area contributed by atoms with Crippen molar-refractivity contribution in [2.75, 3.05) is 12.1 Å². The number of nitrogens with one attached hydrogen (secondary N) is 1. The molecule has 9 heteroatoms. The first-order valence-corrected chi connectivity index (χ1v) is 10.7. The van der Waals surface area contributed by atoms with Crippen molar-refractivity contribution in [1.29, 1.82) is 0 Å². The number of nitrogens with zero attached hydrogens (tertiary/aromatic N) is 2. The number of ether oxygens (including phenoxy) is 2. The predicted molar refractivity (Wildman–Crippen MR) is 129 cm³/mol. The minimum atomic E-state index is -1.82. The van der Waals surface area contributed by atoms with Gasteiger partial charge in [0.15, 0.2) is 11.5 Å². The third kappa shape index (κ3) is 5.59. The minimum Gasteiger partial charge on any atom is -0.473 e. The monoisotopic (exact) mass is 473 g/mol. The zero-order valence-electron chi connectivity index (χ0n) is 18.8. The van der Waals surface area contributed by atoms with E-state index in [-0.39, 0.29) is 6.79 Å². The maximum Gasteiger partial charge on any atom is 0.414 e. The Kier molecular flexibility index (Phi) is 6.96. The molecule has 0 unspecified atom stereocenters. The van der Waals surface area contributed by atoms with E-state index in [9.17, 15) is 0 Å². The lowest BCUT2D eigenvalue weighted by Crippen LogP contribution is -2.09. The number of aromatic nitrogens is 2. The molecule has 1 aliphatic rings. The standard InChI is InChI=1S/C24H21N3O2.C2H2O4/c1-27-21(20-11-12-22-23(13-20)29-16-28-22)15-26-24(27)25-14-17-7-9-19(10-8-17)18-5-3-2-4-6-18;3-1(4)2(5)6/h2-13,15H,14,16H2,1H3,(H,25,26);(H,3,4)(H,5,6). The SMILES string of the molecule is Cn1c(-c2ccc3c(c2)OCO3)cnc1NCc1ccc(-c2ccccc2)cc1.O=C(O)C(=O)O. The molecule has 0 bridgehead atoms. The smallest absolute Gasteiger partial charge is 0.414 e. The van der Waals surface area contributed by atoms with Crippen LogP contribution in [-0.2, 0) is 23.2 Å². The molecule has 0 radical (unpaired) electrons. The fourth-order valence-corrected chi connectivity index (χ4v) is 3.52. The Morgan fingerprint density at radius 1 is 0.886 bits per heavy atom. The fourth-order valence-electron chi connectivity index (χ4n) is 3.52. The van der Waals surface area contributed by atoms with Crippen molar-refractivity contribution in [2.24, 2.45) is 7.05 Å². The van der Waals surface area contributed by atoms with E-state index in [1.807, 2.05) is 37.5 Å². The molecule has 1 aliphatic heterocycles. The molecular formula is C26H23N3O6. The molecule has 1 aromatic heterocycles. The molecule has 0 saturated carbocycles. The second-order valence-electron chi connectivity index (χ2n) is 7.62. The highest BCUT2D eigenvalue weighted by atomic mass is 16.7. The first-order valence-electron chi connectivity index (χ1n) is 10.7. The Morgan fingerprint density at radius 3 is 2.20 bits per heavy atom. The summed E-state index contributed by atoms with van der Waals surface area (Å²) in [6.45, 7) is 0.987. The Morgan fingerprint density at radius 2 is 1.51 bits per heavy atom. The normalized spacial score (nSPS) is 11.3. The third-order valence-corrected chi connectivity index (χ3v) is 5.35. The number of hydrogen-bond donors (Lipinski definition) is 3. The highest BCUT2D eigenvalue weighted by Gasteiger charge is 2.16. The summed E-state index contributed by atoms with van der Waals surface area (Å²) in [7, 11) is 2.01. The van der Waals surface area contributed by atoms with Gasteiger partial charge in [0.25, 0.3) is 0 Å². The zero-order chi connectivity index (χ0) is 24.8. The van der Waals surface area contributed by atoms with E-state index in [4.69, 9.17) is 29.3 Å². The van der Waals surface area contributed by atoms with Gasteiger partial charge in [0, 0.05) is 19.2 Å². The van der Waals surface area contributed by atoms with Gasteiger partial charge in [0.2, 0.25) is 12.7 Å². The van der Waals surface area contributed by atoms with Gasteiger partial charge in [0.05, 0.1) is 11.9 Å². The number of aliphatic carboxylic acids is 2. The maximum atomic E-state index is 9.10. The van der Waals surface area contributed by atoms with Crippen LogP contribution in [0.1, 0.15) is 5.56 Å². The Bertz CT molecular complexity index is 1320. The molecule has 0 saturated heterocycles. The average Bonchev–Trinajstić information content (AvgIpc) is 3.49. The van der Waals surface area contributed by atoms with Crippen molar-refractivity contribution in [3.63, 3.8) is 0 Å². The molecular weight excluding hydrogens is 450 g/mol. The third-order valence-electron chi connectivity index (χ3n) is 5.35. The number of carboxylic acids is 2. The van der Waals surface area contributed by atoms with Gasteiger partial charge in [-0.3, -0.25) is 0 Å². The molecule has 0 atom stereocenters. The van der Waals surface area contributed by atoms with Crippen molar-refractivity contribution < 1.29 is 29.3 Å². The van der Waals surface area contributed by atoms with Crippen LogP contribution in [0.2, 0.25) is 0 Å². The van der Waals surface area contributed by atoms with Gasteiger partial charge in [-0.2, -0.15) is 0 Å². The highest BCUT2D eigenvalue weighted by Crippen LogP contribution is 2.36. The van der Waals surface area contributed by atoms with Crippen molar-refractivity contribution in [3.8, 4) is 33.9 Å². The van der Waals surface area contributed by atoms with Gasteiger partial charge in [-0.1, -0.05) is 54.6 Å². The number of carbonyl (C=O) groups is 2. The van der Waals surface area contributed by atoms with E-state index in [0.717, 1.165) is 28.7 Å². The molecule has 9 nitrogen and oxygen atoms in total. The molecule has 0 aliphatic carbocycles. The lowest BCUT2D eigenvalue weighted by atomic mass is 10.0. The number of anilines is 1. The number of rotatable bonds is 5. The lowest BCUT2D eigenvalue weighted by molar-refractivity contribution is -0.159. The van der Waals surface area contributed by atoms with Gasteiger partial charge in [-0.25, -0.2) is 14.6 Å². The first-order chi connectivity index (χ1) is 16.9. The Labute approximate surface area is 201 Å². The van der Waals surface area contributed by atoms with Crippen LogP contribution in [0, 0.1) is 0 Å². The van der Waals surface area contributed by atoms with Gasteiger partial charge >= 0.3 is 11.9 Å². The minimum absolute atomic E-state index is 0.278. The molecule has 2 heterocycles. The largest absolute Gasteiger partial charge is 0.473 e. The van der Waals surface area contributed by atoms with Gasteiger partial charge in [-0.05, 0) is 34.9 Å². The second kappa shape index (κ2) is 10.4. The van der Waals surface area contributed by atoms with E-state index in [1.165, 1.54) is 16.7 Å². The highest BCUT2D eigenvalue weighted by molar-refractivity contribution is 6.27. The van der Waals surface area contributed by atoms with Gasteiger partial charge < -0.3 is 29.6 Å². The molecule has 0 spiro atoms. The van der Waals surface area contributed by atoms with Crippen LogP contribution in [0.25, 0.3) is 22.4 Å². The van der Waals surface area contributed by atoms with Crippen LogP contribution in [0.5, 0.6) is 11.5 Å². The summed E-state index contributed by atoms with van der Waals surface area (Å²) in [5, 5.41) is 18.2. The van der Waals surface area contributed by atoms with Crippen molar-refractivity contribution in [3.05, 3.63) is 84.6 Å². The van der Waals surface area contributed by atoms with E-state index >= 15 is 0 Å². The quantitative estimate of drug-likeness (QED) is 0.368. The van der Waals surface area contributed by atoms with Crippen molar-refractivity contribution in [1.82, 2.24) is 9.55 Å². The topological polar surface area (TPSA) is 123 Å². The van der Waals surface area contributed by atoms with Crippen molar-refractivity contribution in [2.45, 2.75) is 6.54 Å². The molecule has 5 rings (SSSR count). The maximum absolute atomic E-state index is 9.10. The lowest BCUT2D eigenvalue weighted by Gasteiger charge is -2.10. The van der Waals surface area contributed by atoms with Crippen LogP contribution in [0.3, 0.4) is 0 Å². The summed E-state index contributed by atoms with van der Waals surface area (Å²) in [6.07, 6.45) is 1.87. The second-order valence-corrected chi connectivity index (χ2v) is 7.62. The average molecular weight is 473 g/mol. The van der Waals surface area contributed by atoms with E-state index in [1.54, 1.807) is 0 Å². The predicted octanol–water partition coefficient (Wildman–Crippen LogP) is 4.25. The van der Waals surface area contributed by atoms with Crippen LogP contribution in [-0.4, -0.2) is 38.5 Å². The summed E-state index contributed by atoms with van der Waals surface area (Å²) >= 11 is 0. The van der Waals surface area contributed by atoms with Crippen molar-refractivity contribution >= 4 is 17.9 Å². The molecule has 0 amide bonds. The first kappa shape index (κ1) is 23.4. The Balaban J connectivity index is 0.000000431. The van der Waals surface area contributed by atoms with E-state index in [0.29, 0.717) is 6.54 Å². The van der Waals surface area contributed by atoms with Crippen LogP contribution < -0.4 is 14.8 Å². The van der Waals surface area contributed by atoms with Crippen LogP contribution >= 0.6 is 0 Å². The van der Waals surface area contributed by atoms with Crippen LogP contribution in [0.4, 0.5) is 5.95 Å². The number of imidazole rings is 1. The van der Waals surface area contributed by atoms with Gasteiger partial charge in [-0.15, -0.1) is 0 Å². The zero-order valence-corrected chi connectivity index (χ0v) is 18.8. The van der Waals surface area contributed by atoms with E-state index < -0.39 is 11.9 Å².